The van der Waals surface area contributed by atoms with Gasteiger partial charge >= 0.3 is 0 Å². The van der Waals surface area contributed by atoms with Crippen molar-refractivity contribution in [2.24, 2.45) is 5.92 Å². The fourth-order valence-electron chi connectivity index (χ4n) is 2.98. The molecule has 0 amide bonds. The van der Waals surface area contributed by atoms with Gasteiger partial charge in [-0.05, 0) is 51.7 Å². The lowest BCUT2D eigenvalue weighted by molar-refractivity contribution is 0.272. The van der Waals surface area contributed by atoms with Crippen molar-refractivity contribution < 1.29 is 0 Å². The Morgan fingerprint density at radius 2 is 1.72 bits per heavy atom. The van der Waals surface area contributed by atoms with Gasteiger partial charge in [-0.15, -0.1) is 0 Å². The Morgan fingerprint density at radius 3 is 2.39 bits per heavy atom. The van der Waals surface area contributed by atoms with Crippen molar-refractivity contribution in [3.05, 3.63) is 0 Å². The second kappa shape index (κ2) is 9.80. The van der Waals surface area contributed by atoms with Crippen LogP contribution in [0.15, 0.2) is 0 Å². The van der Waals surface area contributed by atoms with Crippen LogP contribution < -0.4 is 5.32 Å². The first-order chi connectivity index (χ1) is 8.68. The van der Waals surface area contributed by atoms with Gasteiger partial charge in [0.1, 0.15) is 0 Å². The van der Waals surface area contributed by atoms with E-state index in [2.05, 4.69) is 31.1 Å². The molecule has 1 aliphatic rings. The van der Waals surface area contributed by atoms with E-state index in [1.165, 1.54) is 71.0 Å². The zero-order chi connectivity index (χ0) is 13.2. The maximum absolute atomic E-state index is 3.48. The first kappa shape index (κ1) is 16.0. The van der Waals surface area contributed by atoms with Crippen LogP contribution in [0.2, 0.25) is 0 Å². The lowest BCUT2D eigenvalue weighted by Gasteiger charge is -2.20. The van der Waals surface area contributed by atoms with E-state index in [4.69, 9.17) is 0 Å². The standard InChI is InChI=1S/C16H34N2/c1-15(2)17-12-8-4-5-9-13-18(3)14-16-10-6-7-11-16/h15-17H,4-14H2,1-3H3. The topological polar surface area (TPSA) is 15.3 Å². The van der Waals surface area contributed by atoms with Gasteiger partial charge in [-0.3, -0.25) is 0 Å². The van der Waals surface area contributed by atoms with Crippen molar-refractivity contribution in [1.82, 2.24) is 10.2 Å². The summed E-state index contributed by atoms with van der Waals surface area (Å²) < 4.78 is 0. The van der Waals surface area contributed by atoms with Gasteiger partial charge in [0.2, 0.25) is 0 Å². The number of hydrogen-bond acceptors (Lipinski definition) is 2. The van der Waals surface area contributed by atoms with Crippen LogP contribution >= 0.6 is 0 Å². The molecule has 0 aromatic heterocycles. The van der Waals surface area contributed by atoms with Crippen LogP contribution in [0, 0.1) is 5.92 Å². The van der Waals surface area contributed by atoms with Gasteiger partial charge in [-0.2, -0.15) is 0 Å². The highest BCUT2D eigenvalue weighted by Gasteiger charge is 2.16. The van der Waals surface area contributed by atoms with Gasteiger partial charge in [0.15, 0.2) is 0 Å². The van der Waals surface area contributed by atoms with E-state index in [1.54, 1.807) is 0 Å². The number of hydrogen-bond donors (Lipinski definition) is 1. The lowest BCUT2D eigenvalue weighted by atomic mass is 10.1. The van der Waals surface area contributed by atoms with E-state index in [-0.39, 0.29) is 0 Å². The molecular weight excluding hydrogens is 220 g/mol. The van der Waals surface area contributed by atoms with Crippen molar-refractivity contribution in [2.45, 2.75) is 71.3 Å². The van der Waals surface area contributed by atoms with E-state index in [9.17, 15) is 0 Å². The number of nitrogens with one attached hydrogen (secondary N) is 1. The van der Waals surface area contributed by atoms with Gasteiger partial charge in [0.25, 0.3) is 0 Å². The molecule has 2 nitrogen and oxygen atoms in total. The second-order valence-electron chi connectivity index (χ2n) is 6.44. The highest BCUT2D eigenvalue weighted by Crippen LogP contribution is 2.25. The Balaban J connectivity index is 1.84. The molecule has 1 N–H and O–H groups in total. The predicted molar refractivity (Wildman–Crippen MR) is 81.1 cm³/mol. The number of unbranched alkanes of at least 4 members (excludes halogenated alkanes) is 3. The maximum atomic E-state index is 3.48. The number of nitrogens with zero attached hydrogens (tertiary/aromatic N) is 1. The van der Waals surface area contributed by atoms with Gasteiger partial charge in [0.05, 0.1) is 0 Å². The van der Waals surface area contributed by atoms with Crippen LogP contribution in [-0.2, 0) is 0 Å². The van der Waals surface area contributed by atoms with Crippen LogP contribution in [0.1, 0.15) is 65.2 Å². The van der Waals surface area contributed by atoms with E-state index >= 15 is 0 Å². The average Bonchev–Trinajstić information content (AvgIpc) is 2.80. The fourth-order valence-corrected chi connectivity index (χ4v) is 2.98. The quantitative estimate of drug-likeness (QED) is 0.598. The molecule has 0 atom stereocenters. The van der Waals surface area contributed by atoms with Gasteiger partial charge in [0, 0.05) is 12.6 Å². The molecule has 0 saturated heterocycles. The Morgan fingerprint density at radius 1 is 1.06 bits per heavy atom. The molecule has 2 heteroatoms. The molecule has 0 unspecified atom stereocenters. The smallest absolute Gasteiger partial charge is 0.00103 e. The third kappa shape index (κ3) is 8.10. The molecule has 0 radical (unpaired) electrons. The molecule has 0 bridgehead atoms. The summed E-state index contributed by atoms with van der Waals surface area (Å²) in [6, 6.07) is 0.641. The lowest BCUT2D eigenvalue weighted by Crippen LogP contribution is -2.25. The van der Waals surface area contributed by atoms with Crippen molar-refractivity contribution in [1.29, 1.82) is 0 Å². The first-order valence-electron chi connectivity index (χ1n) is 8.10. The summed E-state index contributed by atoms with van der Waals surface area (Å²) in [4.78, 5) is 2.56. The number of rotatable bonds is 10. The van der Waals surface area contributed by atoms with E-state index in [1.807, 2.05) is 0 Å². The summed E-state index contributed by atoms with van der Waals surface area (Å²) in [5, 5.41) is 3.48. The SMILES string of the molecule is CC(C)NCCCCCCN(C)CC1CCCC1. The molecule has 0 aromatic rings. The van der Waals surface area contributed by atoms with Gasteiger partial charge in [-0.1, -0.05) is 39.5 Å². The molecule has 1 aliphatic carbocycles. The molecule has 0 heterocycles. The zero-order valence-electron chi connectivity index (χ0n) is 12.9. The summed E-state index contributed by atoms with van der Waals surface area (Å²) in [6.07, 6.45) is 11.4. The maximum Gasteiger partial charge on any atom is 0.00103 e. The Labute approximate surface area is 115 Å². The summed E-state index contributed by atoms with van der Waals surface area (Å²) >= 11 is 0. The highest BCUT2D eigenvalue weighted by molar-refractivity contribution is 4.70. The monoisotopic (exact) mass is 254 g/mol. The minimum atomic E-state index is 0.641. The van der Waals surface area contributed by atoms with Crippen LogP contribution in [0.5, 0.6) is 0 Å². The molecule has 0 aliphatic heterocycles. The van der Waals surface area contributed by atoms with Crippen LogP contribution in [0.25, 0.3) is 0 Å². The third-order valence-electron chi connectivity index (χ3n) is 4.06. The minimum absolute atomic E-state index is 0.641. The third-order valence-corrected chi connectivity index (χ3v) is 4.06. The average molecular weight is 254 g/mol. The Bertz CT molecular complexity index is 186. The molecule has 1 rings (SSSR count). The fraction of sp³-hybridized carbons (Fsp3) is 1.00. The molecule has 0 spiro atoms. The van der Waals surface area contributed by atoms with Crippen molar-refractivity contribution in [3.8, 4) is 0 Å². The largest absolute Gasteiger partial charge is 0.315 e. The second-order valence-corrected chi connectivity index (χ2v) is 6.44. The molecule has 1 saturated carbocycles. The van der Waals surface area contributed by atoms with Crippen LogP contribution in [0.4, 0.5) is 0 Å². The summed E-state index contributed by atoms with van der Waals surface area (Å²) in [5.74, 6) is 1.00. The highest BCUT2D eigenvalue weighted by atomic mass is 15.1. The summed E-state index contributed by atoms with van der Waals surface area (Å²) in [7, 11) is 2.30. The minimum Gasteiger partial charge on any atom is -0.315 e. The van der Waals surface area contributed by atoms with Crippen molar-refractivity contribution in [2.75, 3.05) is 26.7 Å². The zero-order valence-corrected chi connectivity index (χ0v) is 12.9. The first-order valence-corrected chi connectivity index (χ1v) is 8.10. The normalized spacial score (nSPS) is 17.2. The Kier molecular flexibility index (Phi) is 8.70. The van der Waals surface area contributed by atoms with E-state index in [0.717, 1.165) is 5.92 Å². The van der Waals surface area contributed by atoms with Crippen molar-refractivity contribution >= 4 is 0 Å². The summed E-state index contributed by atoms with van der Waals surface area (Å²) in [6.45, 7) is 8.27. The van der Waals surface area contributed by atoms with E-state index < -0.39 is 0 Å². The molecule has 1 fully saturated rings. The van der Waals surface area contributed by atoms with Crippen molar-refractivity contribution in [3.63, 3.8) is 0 Å². The van der Waals surface area contributed by atoms with Crippen LogP contribution in [0.3, 0.4) is 0 Å². The van der Waals surface area contributed by atoms with Gasteiger partial charge in [-0.25, -0.2) is 0 Å². The molecule has 18 heavy (non-hydrogen) atoms. The summed E-state index contributed by atoms with van der Waals surface area (Å²) in [5.41, 5.74) is 0. The van der Waals surface area contributed by atoms with Crippen LogP contribution in [-0.4, -0.2) is 37.6 Å². The predicted octanol–water partition coefficient (Wildman–Crippen LogP) is 3.67. The molecule has 108 valence electrons. The Hall–Kier alpha value is -0.0800. The molecular formula is C16H34N2. The van der Waals surface area contributed by atoms with Gasteiger partial charge < -0.3 is 10.2 Å². The van der Waals surface area contributed by atoms with E-state index in [0.29, 0.717) is 6.04 Å². The molecule has 0 aromatic carbocycles.